The number of amides is 1. The lowest BCUT2D eigenvalue weighted by Crippen LogP contribution is -2.19. The van der Waals surface area contributed by atoms with Crippen LogP contribution in [0.25, 0.3) is 11.0 Å². The molecule has 2 aromatic heterocycles. The maximum Gasteiger partial charge on any atom is 0.289 e. The average Bonchev–Trinajstić information content (AvgIpc) is 3.15. The van der Waals surface area contributed by atoms with Crippen LogP contribution in [0.15, 0.2) is 66.1 Å². The Kier molecular flexibility index (Phi) is 5.83. The average molecular weight is 455 g/mol. The number of aryl methyl sites for hydroxylation is 1. The van der Waals surface area contributed by atoms with Crippen LogP contribution in [0.4, 0.5) is 11.4 Å². The van der Waals surface area contributed by atoms with Gasteiger partial charge in [-0.3, -0.25) is 19.6 Å². The minimum atomic E-state index is -0.672. The Morgan fingerprint density at radius 1 is 1.23 bits per heavy atom. The largest absolute Gasteiger partial charge is 0.325 e. The quantitative estimate of drug-likeness (QED) is 0.198. The number of hydrogen-bond donors (Lipinski definition) is 1. The van der Waals surface area contributed by atoms with Crippen LogP contribution >= 0.6 is 23.4 Å². The molecule has 0 unspecified atom stereocenters. The molecule has 1 amide bonds. The van der Waals surface area contributed by atoms with E-state index in [4.69, 9.17) is 11.6 Å². The van der Waals surface area contributed by atoms with Crippen LogP contribution in [0.5, 0.6) is 0 Å². The molecule has 0 saturated carbocycles. The number of halogens is 1. The van der Waals surface area contributed by atoms with Gasteiger partial charge < -0.3 is 5.32 Å². The van der Waals surface area contributed by atoms with Crippen LogP contribution in [0.1, 0.15) is 10.8 Å². The molecule has 0 bridgehead atoms. The van der Waals surface area contributed by atoms with Crippen molar-refractivity contribution in [3.8, 4) is 0 Å². The summed E-state index contributed by atoms with van der Waals surface area (Å²) in [5, 5.41) is 18.8. The SMILES string of the molecule is Cn1ncc2c(S[C@H](C(=O)Nc3ccc(Cl)c([N+](=O)[O-])c3)c3ccccc3)ncnc21. The van der Waals surface area contributed by atoms with Crippen molar-refractivity contribution < 1.29 is 9.72 Å². The Labute approximate surface area is 185 Å². The van der Waals surface area contributed by atoms with Crippen molar-refractivity contribution in [3.63, 3.8) is 0 Å². The van der Waals surface area contributed by atoms with Crippen LogP contribution < -0.4 is 5.32 Å². The van der Waals surface area contributed by atoms with Crippen molar-refractivity contribution in [2.75, 3.05) is 5.32 Å². The Morgan fingerprint density at radius 3 is 2.74 bits per heavy atom. The highest BCUT2D eigenvalue weighted by Crippen LogP contribution is 2.38. The maximum atomic E-state index is 13.2. The first kappa shape index (κ1) is 20.8. The predicted molar refractivity (Wildman–Crippen MR) is 118 cm³/mol. The van der Waals surface area contributed by atoms with Gasteiger partial charge in [-0.2, -0.15) is 5.10 Å². The molecule has 0 fully saturated rings. The zero-order valence-electron chi connectivity index (χ0n) is 16.1. The Morgan fingerprint density at radius 2 is 2.00 bits per heavy atom. The second-order valence-corrected chi connectivity index (χ2v) is 8.01. The summed E-state index contributed by atoms with van der Waals surface area (Å²) in [4.78, 5) is 32.4. The second-order valence-electron chi connectivity index (χ2n) is 6.51. The van der Waals surface area contributed by atoms with Crippen LogP contribution in [0.3, 0.4) is 0 Å². The second kappa shape index (κ2) is 8.70. The number of anilines is 1. The molecule has 11 heteroatoms. The smallest absolute Gasteiger partial charge is 0.289 e. The molecule has 0 saturated heterocycles. The fourth-order valence-corrected chi connectivity index (χ4v) is 4.23. The van der Waals surface area contributed by atoms with Crippen LogP contribution in [0, 0.1) is 10.1 Å². The first-order chi connectivity index (χ1) is 14.9. The number of nitrogens with one attached hydrogen (secondary N) is 1. The van der Waals surface area contributed by atoms with Crippen molar-refractivity contribution in [2.45, 2.75) is 10.3 Å². The van der Waals surface area contributed by atoms with Gasteiger partial charge in [-0.05, 0) is 17.7 Å². The monoisotopic (exact) mass is 454 g/mol. The van der Waals surface area contributed by atoms with E-state index in [2.05, 4.69) is 20.4 Å². The molecule has 4 aromatic rings. The molecule has 9 nitrogen and oxygen atoms in total. The number of carbonyl (C=O) groups is 1. The summed E-state index contributed by atoms with van der Waals surface area (Å²) >= 11 is 7.12. The third-order valence-corrected chi connectivity index (χ3v) is 6.06. The van der Waals surface area contributed by atoms with Gasteiger partial charge >= 0.3 is 0 Å². The van der Waals surface area contributed by atoms with E-state index in [-0.39, 0.29) is 22.3 Å². The van der Waals surface area contributed by atoms with E-state index < -0.39 is 10.2 Å². The van der Waals surface area contributed by atoms with Gasteiger partial charge in [0.05, 0.1) is 16.5 Å². The molecule has 1 N–H and O–H groups in total. The molecule has 0 radical (unpaired) electrons. The summed E-state index contributed by atoms with van der Waals surface area (Å²) in [6.45, 7) is 0. The number of nitro groups is 1. The zero-order valence-corrected chi connectivity index (χ0v) is 17.7. The summed E-state index contributed by atoms with van der Waals surface area (Å²) in [5.74, 6) is -0.358. The Balaban J connectivity index is 1.68. The Hall–Kier alpha value is -3.50. The third-order valence-electron chi connectivity index (χ3n) is 4.47. The molecule has 156 valence electrons. The summed E-state index contributed by atoms with van der Waals surface area (Å²) in [5.41, 5.74) is 1.40. The number of hydrogen-bond acceptors (Lipinski definition) is 7. The number of benzene rings is 2. The van der Waals surface area contributed by atoms with Crippen molar-refractivity contribution in [2.24, 2.45) is 7.05 Å². The molecule has 4 rings (SSSR count). The van der Waals surface area contributed by atoms with E-state index in [1.165, 1.54) is 36.3 Å². The number of carbonyl (C=O) groups excluding carboxylic acids is 1. The Bertz CT molecular complexity index is 1280. The molecule has 2 aromatic carbocycles. The van der Waals surface area contributed by atoms with Gasteiger partial charge in [0.2, 0.25) is 5.91 Å². The van der Waals surface area contributed by atoms with Gasteiger partial charge in [0, 0.05) is 18.8 Å². The van der Waals surface area contributed by atoms with Crippen LogP contribution in [0.2, 0.25) is 5.02 Å². The number of fused-ring (bicyclic) bond motifs is 1. The van der Waals surface area contributed by atoms with Crippen molar-refractivity contribution in [1.29, 1.82) is 0 Å². The highest BCUT2D eigenvalue weighted by molar-refractivity contribution is 8.00. The molecule has 0 aliphatic rings. The summed E-state index contributed by atoms with van der Waals surface area (Å²) in [6, 6.07) is 13.3. The van der Waals surface area contributed by atoms with E-state index >= 15 is 0 Å². The van der Waals surface area contributed by atoms with E-state index in [1.54, 1.807) is 17.9 Å². The molecule has 2 heterocycles. The lowest BCUT2D eigenvalue weighted by Gasteiger charge is -2.17. The van der Waals surface area contributed by atoms with Crippen molar-refractivity contribution in [3.05, 3.63) is 81.8 Å². The van der Waals surface area contributed by atoms with Crippen molar-refractivity contribution in [1.82, 2.24) is 19.7 Å². The molecule has 0 aliphatic heterocycles. The van der Waals surface area contributed by atoms with Crippen LogP contribution in [-0.2, 0) is 11.8 Å². The van der Waals surface area contributed by atoms with Gasteiger partial charge in [0.1, 0.15) is 21.6 Å². The number of rotatable bonds is 6. The topological polar surface area (TPSA) is 116 Å². The van der Waals surface area contributed by atoms with E-state index in [0.717, 1.165) is 10.9 Å². The predicted octanol–water partition coefficient (Wildman–Crippen LogP) is 4.40. The first-order valence-electron chi connectivity index (χ1n) is 9.03. The molecular formula is C20H15ClN6O3S. The van der Waals surface area contributed by atoms with E-state index in [9.17, 15) is 14.9 Å². The minimum Gasteiger partial charge on any atom is -0.325 e. The highest BCUT2D eigenvalue weighted by atomic mass is 35.5. The number of nitrogens with zero attached hydrogens (tertiary/aromatic N) is 5. The summed E-state index contributed by atoms with van der Waals surface area (Å²) in [6.07, 6.45) is 3.08. The van der Waals surface area contributed by atoms with Crippen molar-refractivity contribution >= 4 is 51.7 Å². The molecule has 0 spiro atoms. The number of thioether (sulfide) groups is 1. The molecular weight excluding hydrogens is 440 g/mol. The standard InChI is InChI=1S/C20H15ClN6O3S/c1-26-18-14(10-24-26)20(23-11-22-18)31-17(12-5-3-2-4-6-12)19(28)25-13-7-8-15(21)16(9-13)27(29)30/h2-11,17H,1H3,(H,25,28)/t17-/m0/s1. The van der Waals surface area contributed by atoms with E-state index in [0.29, 0.717) is 10.7 Å². The minimum absolute atomic E-state index is 0.00283. The van der Waals surface area contributed by atoms with Crippen LogP contribution in [-0.4, -0.2) is 30.6 Å². The lowest BCUT2D eigenvalue weighted by atomic mass is 10.1. The normalized spacial score (nSPS) is 11.9. The van der Waals surface area contributed by atoms with E-state index in [1.807, 2.05) is 30.3 Å². The maximum absolute atomic E-state index is 13.2. The number of aromatic nitrogens is 4. The highest BCUT2D eigenvalue weighted by Gasteiger charge is 2.25. The molecule has 1 atom stereocenters. The molecule has 0 aliphatic carbocycles. The summed E-state index contributed by atoms with van der Waals surface area (Å²) < 4.78 is 1.63. The summed E-state index contributed by atoms with van der Waals surface area (Å²) in [7, 11) is 1.78. The van der Waals surface area contributed by atoms with Gasteiger partial charge in [-0.25, -0.2) is 9.97 Å². The van der Waals surface area contributed by atoms with Gasteiger partial charge in [0.25, 0.3) is 5.69 Å². The number of nitro benzene ring substituents is 1. The van der Waals surface area contributed by atoms with Gasteiger partial charge in [-0.15, -0.1) is 0 Å². The molecule has 31 heavy (non-hydrogen) atoms. The first-order valence-corrected chi connectivity index (χ1v) is 10.3. The van der Waals surface area contributed by atoms with Gasteiger partial charge in [0.15, 0.2) is 5.65 Å². The lowest BCUT2D eigenvalue weighted by molar-refractivity contribution is -0.384. The fraction of sp³-hybridized carbons (Fsp3) is 0.100. The zero-order chi connectivity index (χ0) is 22.0. The third kappa shape index (κ3) is 4.35. The van der Waals surface area contributed by atoms with Gasteiger partial charge in [-0.1, -0.05) is 53.7 Å². The fourth-order valence-electron chi connectivity index (χ4n) is 2.99.